The summed E-state index contributed by atoms with van der Waals surface area (Å²) in [4.78, 5) is 20.9. The molecule has 2 aromatic rings. The van der Waals surface area contributed by atoms with E-state index in [0.717, 1.165) is 12.2 Å². The molecule has 1 unspecified atom stereocenters. The number of piperazine rings is 1. The van der Waals surface area contributed by atoms with Gasteiger partial charge in [-0.25, -0.2) is 4.79 Å². The summed E-state index contributed by atoms with van der Waals surface area (Å²) in [7, 11) is 2.01. The molecular weight excluding hydrogens is 346 g/mol. The van der Waals surface area contributed by atoms with E-state index in [1.54, 1.807) is 11.8 Å². The Labute approximate surface area is 158 Å². The second kappa shape index (κ2) is 7.67. The van der Waals surface area contributed by atoms with Gasteiger partial charge in [-0.15, -0.1) is 0 Å². The fourth-order valence-electron chi connectivity index (χ4n) is 3.90. The van der Waals surface area contributed by atoms with Gasteiger partial charge in [0.2, 0.25) is 5.89 Å². The van der Waals surface area contributed by atoms with Crippen LogP contribution in [0.1, 0.15) is 55.2 Å². The van der Waals surface area contributed by atoms with Crippen LogP contribution in [0.4, 0.5) is 4.79 Å². The topological polar surface area (TPSA) is 92.3 Å². The molecule has 1 saturated heterocycles. The zero-order valence-corrected chi connectivity index (χ0v) is 16.0. The molecule has 9 nitrogen and oxygen atoms in total. The van der Waals surface area contributed by atoms with Gasteiger partial charge in [-0.3, -0.25) is 9.58 Å². The third-order valence-corrected chi connectivity index (χ3v) is 5.55. The summed E-state index contributed by atoms with van der Waals surface area (Å²) in [5.41, 5.74) is 0.897. The second-order valence-corrected chi connectivity index (χ2v) is 7.51. The van der Waals surface area contributed by atoms with Gasteiger partial charge >= 0.3 is 6.03 Å². The number of urea groups is 1. The molecule has 2 amide bonds. The number of hydrogen-bond acceptors (Lipinski definition) is 6. The molecule has 0 radical (unpaired) electrons. The van der Waals surface area contributed by atoms with E-state index in [4.69, 9.17) is 4.52 Å². The highest BCUT2D eigenvalue weighted by atomic mass is 16.5. The predicted octanol–water partition coefficient (Wildman–Crippen LogP) is 1.89. The van der Waals surface area contributed by atoms with Crippen molar-refractivity contribution >= 4 is 6.03 Å². The minimum atomic E-state index is -0.0836. The summed E-state index contributed by atoms with van der Waals surface area (Å²) in [5, 5.41) is 11.5. The predicted molar refractivity (Wildman–Crippen MR) is 97.9 cm³/mol. The van der Waals surface area contributed by atoms with E-state index in [-0.39, 0.29) is 12.1 Å². The number of carbonyl (C=O) groups is 1. The Balaban J connectivity index is 1.32. The number of nitrogens with one attached hydrogen (secondary N) is 1. The van der Waals surface area contributed by atoms with Crippen LogP contribution in [0.15, 0.2) is 16.8 Å². The summed E-state index contributed by atoms with van der Waals surface area (Å²) in [6.07, 6.45) is 6.99. The monoisotopic (exact) mass is 373 g/mol. The Bertz CT molecular complexity index is 780. The number of aromatic nitrogens is 4. The van der Waals surface area contributed by atoms with Crippen molar-refractivity contribution in [1.82, 2.24) is 35.0 Å². The number of amides is 2. The fraction of sp³-hybridized carbons (Fsp3) is 0.667. The average molecular weight is 373 g/mol. The van der Waals surface area contributed by atoms with Crippen molar-refractivity contribution in [2.24, 2.45) is 0 Å². The highest BCUT2D eigenvalue weighted by Crippen LogP contribution is 2.28. The highest BCUT2D eigenvalue weighted by Gasteiger charge is 2.32. The van der Waals surface area contributed by atoms with E-state index in [9.17, 15) is 4.79 Å². The van der Waals surface area contributed by atoms with E-state index in [1.807, 2.05) is 19.3 Å². The maximum atomic E-state index is 12.6. The first-order chi connectivity index (χ1) is 13.1. The Kier molecular flexibility index (Phi) is 5.11. The lowest BCUT2D eigenvalue weighted by Crippen LogP contribution is -2.52. The molecule has 2 aromatic heterocycles. The molecule has 1 atom stereocenters. The van der Waals surface area contributed by atoms with E-state index < -0.39 is 0 Å². The van der Waals surface area contributed by atoms with Gasteiger partial charge in [0.05, 0.1) is 18.3 Å². The van der Waals surface area contributed by atoms with Crippen molar-refractivity contribution in [1.29, 1.82) is 0 Å². The molecule has 1 N–H and O–H groups in total. The number of hydrogen-bond donors (Lipinski definition) is 1. The van der Waals surface area contributed by atoms with Gasteiger partial charge in [0.1, 0.15) is 6.04 Å². The molecule has 146 valence electrons. The number of carbonyl (C=O) groups excluding carboxylic acids is 1. The van der Waals surface area contributed by atoms with Crippen LogP contribution in [0.5, 0.6) is 0 Å². The third kappa shape index (κ3) is 3.97. The number of aryl methyl sites for hydroxylation is 1. The second-order valence-electron chi connectivity index (χ2n) is 7.51. The van der Waals surface area contributed by atoms with Crippen LogP contribution in [0, 0.1) is 6.92 Å². The fourth-order valence-corrected chi connectivity index (χ4v) is 3.90. The Morgan fingerprint density at radius 1 is 1.33 bits per heavy atom. The lowest BCUT2D eigenvalue weighted by Gasteiger charge is -2.37. The van der Waals surface area contributed by atoms with Gasteiger partial charge in [-0.1, -0.05) is 18.0 Å². The van der Waals surface area contributed by atoms with Gasteiger partial charge in [0.25, 0.3) is 0 Å². The largest absolute Gasteiger partial charge is 0.338 e. The maximum absolute atomic E-state index is 12.6. The van der Waals surface area contributed by atoms with Crippen molar-refractivity contribution in [2.75, 3.05) is 26.7 Å². The van der Waals surface area contributed by atoms with Crippen molar-refractivity contribution in [3.63, 3.8) is 0 Å². The summed E-state index contributed by atoms with van der Waals surface area (Å²) in [5.74, 6) is 1.17. The summed E-state index contributed by atoms with van der Waals surface area (Å²) < 4.78 is 7.36. The summed E-state index contributed by atoms with van der Waals surface area (Å²) in [6.45, 7) is 4.19. The number of likely N-dealkylation sites (N-methyl/N-ethyl adjacent to an activating group) is 1. The molecule has 2 fully saturated rings. The van der Waals surface area contributed by atoms with E-state index in [2.05, 4.69) is 30.1 Å². The van der Waals surface area contributed by atoms with Gasteiger partial charge in [0, 0.05) is 25.8 Å². The molecule has 2 aliphatic rings. The Morgan fingerprint density at radius 2 is 2.15 bits per heavy atom. The Hall–Kier alpha value is -2.42. The van der Waals surface area contributed by atoms with Gasteiger partial charge in [0.15, 0.2) is 5.82 Å². The minimum absolute atomic E-state index is 0.0766. The number of rotatable bonds is 4. The van der Waals surface area contributed by atoms with Crippen LogP contribution >= 0.6 is 0 Å². The molecule has 0 bridgehead atoms. The van der Waals surface area contributed by atoms with Crippen LogP contribution in [-0.2, 0) is 6.54 Å². The van der Waals surface area contributed by atoms with Crippen LogP contribution in [0.3, 0.4) is 0 Å². The zero-order valence-electron chi connectivity index (χ0n) is 16.0. The van der Waals surface area contributed by atoms with Crippen molar-refractivity contribution in [3.05, 3.63) is 29.7 Å². The molecule has 1 aliphatic carbocycles. The van der Waals surface area contributed by atoms with E-state index in [0.29, 0.717) is 37.4 Å². The van der Waals surface area contributed by atoms with Gasteiger partial charge < -0.3 is 14.7 Å². The molecule has 0 aromatic carbocycles. The van der Waals surface area contributed by atoms with Crippen molar-refractivity contribution in [2.45, 2.75) is 51.2 Å². The van der Waals surface area contributed by atoms with Gasteiger partial charge in [-0.2, -0.15) is 10.1 Å². The van der Waals surface area contributed by atoms with Crippen LogP contribution in [0.2, 0.25) is 0 Å². The van der Waals surface area contributed by atoms with E-state index in [1.165, 1.54) is 25.7 Å². The lowest BCUT2D eigenvalue weighted by atomic mass is 10.2. The first-order valence-corrected chi connectivity index (χ1v) is 9.67. The average Bonchev–Trinajstić information content (AvgIpc) is 3.41. The lowest BCUT2D eigenvalue weighted by molar-refractivity contribution is 0.0910. The maximum Gasteiger partial charge on any atom is 0.317 e. The standard InChI is InChI=1S/C18H27N7O2/c1-13-20-17(27-22-13)16-12-24(10-9-23(16)2)18(26)19-11-14-7-8-25(21-14)15-5-3-4-6-15/h7-8,15-16H,3-6,9-12H2,1-2H3,(H,19,26). The molecule has 1 saturated carbocycles. The third-order valence-electron chi connectivity index (χ3n) is 5.55. The summed E-state index contributed by atoms with van der Waals surface area (Å²) in [6, 6.07) is 2.35. The van der Waals surface area contributed by atoms with Crippen LogP contribution in [-0.4, -0.2) is 62.4 Å². The molecule has 9 heteroatoms. The summed E-state index contributed by atoms with van der Waals surface area (Å²) >= 11 is 0. The van der Waals surface area contributed by atoms with Crippen LogP contribution < -0.4 is 5.32 Å². The smallest absolute Gasteiger partial charge is 0.317 e. The van der Waals surface area contributed by atoms with E-state index >= 15 is 0 Å². The quantitative estimate of drug-likeness (QED) is 0.880. The van der Waals surface area contributed by atoms with Crippen molar-refractivity contribution in [3.8, 4) is 0 Å². The first-order valence-electron chi connectivity index (χ1n) is 9.67. The van der Waals surface area contributed by atoms with Gasteiger partial charge in [-0.05, 0) is 32.9 Å². The number of nitrogens with zero attached hydrogens (tertiary/aromatic N) is 6. The first kappa shape index (κ1) is 18.0. The molecular formula is C18H27N7O2. The minimum Gasteiger partial charge on any atom is -0.338 e. The molecule has 4 rings (SSSR count). The van der Waals surface area contributed by atoms with Crippen LogP contribution in [0.25, 0.3) is 0 Å². The normalized spacial score (nSPS) is 21.7. The van der Waals surface area contributed by atoms with Crippen molar-refractivity contribution < 1.29 is 9.32 Å². The Morgan fingerprint density at radius 3 is 2.89 bits per heavy atom. The molecule has 27 heavy (non-hydrogen) atoms. The highest BCUT2D eigenvalue weighted by molar-refractivity contribution is 5.74. The molecule has 0 spiro atoms. The molecule has 3 heterocycles. The SMILES string of the molecule is Cc1noc(C2CN(C(=O)NCc3ccn(C4CCCC4)n3)CCN2C)n1. The zero-order chi connectivity index (χ0) is 18.8. The molecule has 1 aliphatic heterocycles.